The molecule has 1 amide bonds. The summed E-state index contributed by atoms with van der Waals surface area (Å²) in [6, 6.07) is 13.7. The molecule has 1 atom stereocenters. The molecule has 0 saturated carbocycles. The zero-order valence-electron chi connectivity index (χ0n) is 20.1. The highest BCUT2D eigenvalue weighted by Gasteiger charge is 2.24. The first kappa shape index (κ1) is 23.5. The minimum atomic E-state index is -0.689. The third-order valence-electron chi connectivity index (χ3n) is 5.74. The minimum absolute atomic E-state index is 0.00674. The Kier molecular flexibility index (Phi) is 6.22. The van der Waals surface area contributed by atoms with Gasteiger partial charge < -0.3 is 15.5 Å². The highest BCUT2D eigenvalue weighted by molar-refractivity contribution is 5.96. The van der Waals surface area contributed by atoms with Crippen LogP contribution in [0.5, 0.6) is 0 Å². The summed E-state index contributed by atoms with van der Waals surface area (Å²) in [6.45, 7) is 1.73. The Balaban J connectivity index is 1.65. The van der Waals surface area contributed by atoms with Gasteiger partial charge in [0.05, 0.1) is 28.8 Å². The average Bonchev–Trinajstić information content (AvgIpc) is 3.32. The Morgan fingerprint density at radius 2 is 1.86 bits per heavy atom. The maximum Gasteiger partial charge on any atom is 0.274 e. The lowest BCUT2D eigenvalue weighted by molar-refractivity contribution is 0.0931. The van der Waals surface area contributed by atoms with E-state index in [1.54, 1.807) is 42.2 Å². The molecule has 2 aromatic carbocycles. The number of benzene rings is 2. The lowest BCUT2D eigenvalue weighted by Gasteiger charge is -2.18. The highest BCUT2D eigenvalue weighted by atomic mass is 16.3. The van der Waals surface area contributed by atoms with Gasteiger partial charge in [-0.1, -0.05) is 48.2 Å². The number of fused-ring (bicyclic) bond motifs is 1. The van der Waals surface area contributed by atoms with Crippen LogP contribution < -0.4 is 16.5 Å². The van der Waals surface area contributed by atoms with Gasteiger partial charge in [0.15, 0.2) is 11.5 Å². The molecule has 0 fully saturated rings. The SMILES string of the molecule is C[C@@H](NC(=O)c1nccnc1N)c1oc2cccc(C#Cc3cnn(C)c3)c2c(=O)c1-c1ccccc1. The van der Waals surface area contributed by atoms with E-state index >= 15 is 0 Å². The maximum absolute atomic E-state index is 14.0. The zero-order chi connectivity index (χ0) is 25.9. The average molecular weight is 491 g/mol. The van der Waals surface area contributed by atoms with Gasteiger partial charge in [-0.2, -0.15) is 5.10 Å². The fraction of sp³-hybridized carbons (Fsp3) is 0.107. The number of hydrogen-bond donors (Lipinski definition) is 2. The Morgan fingerprint density at radius 1 is 1.08 bits per heavy atom. The largest absolute Gasteiger partial charge is 0.458 e. The Hall–Kier alpha value is -5.23. The molecule has 9 heteroatoms. The van der Waals surface area contributed by atoms with Crippen LogP contribution in [-0.4, -0.2) is 25.7 Å². The van der Waals surface area contributed by atoms with Crippen LogP contribution in [0, 0.1) is 11.8 Å². The second-order valence-corrected chi connectivity index (χ2v) is 8.35. The second kappa shape index (κ2) is 9.79. The van der Waals surface area contributed by atoms with Crippen molar-refractivity contribution in [1.82, 2.24) is 25.1 Å². The zero-order valence-corrected chi connectivity index (χ0v) is 20.1. The predicted octanol–water partition coefficient (Wildman–Crippen LogP) is 3.46. The van der Waals surface area contributed by atoms with Crippen LogP contribution in [0.4, 0.5) is 5.82 Å². The Morgan fingerprint density at radius 3 is 2.59 bits per heavy atom. The summed E-state index contributed by atoms with van der Waals surface area (Å²) in [7, 11) is 1.81. The molecule has 5 aromatic rings. The van der Waals surface area contributed by atoms with Crippen LogP contribution in [0.25, 0.3) is 22.1 Å². The van der Waals surface area contributed by atoms with Gasteiger partial charge in [-0.25, -0.2) is 9.97 Å². The molecule has 0 radical (unpaired) electrons. The van der Waals surface area contributed by atoms with E-state index in [-0.39, 0.29) is 16.9 Å². The monoisotopic (exact) mass is 490 g/mol. The summed E-state index contributed by atoms with van der Waals surface area (Å²) in [4.78, 5) is 34.8. The number of nitrogens with zero attached hydrogens (tertiary/aromatic N) is 4. The third kappa shape index (κ3) is 4.68. The number of amides is 1. The third-order valence-corrected chi connectivity index (χ3v) is 5.74. The second-order valence-electron chi connectivity index (χ2n) is 8.35. The smallest absolute Gasteiger partial charge is 0.274 e. The Bertz CT molecular complexity index is 1750. The van der Waals surface area contributed by atoms with Crippen LogP contribution in [0.2, 0.25) is 0 Å². The first-order valence-corrected chi connectivity index (χ1v) is 11.5. The first-order valence-electron chi connectivity index (χ1n) is 11.5. The summed E-state index contributed by atoms with van der Waals surface area (Å²) >= 11 is 0. The molecule has 0 saturated heterocycles. The number of hydrogen-bond acceptors (Lipinski definition) is 7. The molecule has 3 heterocycles. The summed E-state index contributed by atoms with van der Waals surface area (Å²) in [5, 5.41) is 7.31. The van der Waals surface area contributed by atoms with E-state index in [4.69, 9.17) is 10.2 Å². The van der Waals surface area contributed by atoms with Crippen molar-refractivity contribution in [2.45, 2.75) is 13.0 Å². The maximum atomic E-state index is 14.0. The molecule has 0 aliphatic heterocycles. The summed E-state index contributed by atoms with van der Waals surface area (Å²) in [5.41, 5.74) is 8.17. The Labute approximate surface area is 212 Å². The number of nitrogens with two attached hydrogens (primary N) is 1. The number of aryl methyl sites for hydroxylation is 1. The molecule has 9 nitrogen and oxygen atoms in total. The number of anilines is 1. The van der Waals surface area contributed by atoms with E-state index in [1.165, 1.54) is 12.4 Å². The van der Waals surface area contributed by atoms with E-state index in [0.717, 1.165) is 5.56 Å². The lowest BCUT2D eigenvalue weighted by atomic mass is 9.97. The van der Waals surface area contributed by atoms with Gasteiger partial charge in [0, 0.05) is 31.2 Å². The van der Waals surface area contributed by atoms with E-state index in [0.29, 0.717) is 33.4 Å². The van der Waals surface area contributed by atoms with Crippen molar-refractivity contribution in [3.8, 4) is 23.0 Å². The standard InChI is InChI=1S/C28H22N6O3/c1-17(33-28(36)24-27(29)31-14-13-30-24)26-23(19-7-4-3-5-8-19)25(35)22-20(9-6-10-21(22)37-26)12-11-18-15-32-34(2)16-18/h3-10,13-17H,1-2H3,(H2,29,31)(H,33,36)/t17-/m1/s1. The van der Waals surface area contributed by atoms with Gasteiger partial charge in [-0.15, -0.1) is 0 Å². The molecule has 0 spiro atoms. The van der Waals surface area contributed by atoms with Crippen molar-refractivity contribution in [1.29, 1.82) is 0 Å². The predicted molar refractivity (Wildman–Crippen MR) is 139 cm³/mol. The van der Waals surface area contributed by atoms with E-state index in [9.17, 15) is 9.59 Å². The fourth-order valence-electron chi connectivity index (χ4n) is 4.02. The molecule has 5 rings (SSSR count). The molecule has 0 unspecified atom stereocenters. The van der Waals surface area contributed by atoms with Crippen LogP contribution in [0.3, 0.4) is 0 Å². The molecule has 3 aromatic heterocycles. The van der Waals surface area contributed by atoms with Crippen LogP contribution >= 0.6 is 0 Å². The summed E-state index contributed by atoms with van der Waals surface area (Å²) < 4.78 is 7.95. The van der Waals surface area contributed by atoms with Crippen LogP contribution in [0.1, 0.15) is 40.3 Å². The number of aromatic nitrogens is 4. The van der Waals surface area contributed by atoms with Crippen molar-refractivity contribution in [2.75, 3.05) is 5.73 Å². The molecule has 182 valence electrons. The molecule has 0 aliphatic carbocycles. The van der Waals surface area contributed by atoms with E-state index in [2.05, 4.69) is 32.2 Å². The molecular weight excluding hydrogens is 468 g/mol. The van der Waals surface area contributed by atoms with Crippen molar-refractivity contribution in [3.63, 3.8) is 0 Å². The van der Waals surface area contributed by atoms with Crippen LogP contribution in [-0.2, 0) is 7.05 Å². The van der Waals surface area contributed by atoms with Gasteiger partial charge in [-0.3, -0.25) is 14.3 Å². The minimum Gasteiger partial charge on any atom is -0.458 e. The van der Waals surface area contributed by atoms with Crippen molar-refractivity contribution >= 4 is 22.7 Å². The summed E-state index contributed by atoms with van der Waals surface area (Å²) in [5.74, 6) is 5.91. The number of nitrogen functional groups attached to an aromatic ring is 1. The number of rotatable bonds is 4. The highest BCUT2D eigenvalue weighted by Crippen LogP contribution is 2.30. The molecule has 0 bridgehead atoms. The van der Waals surface area contributed by atoms with Gasteiger partial charge in [0.25, 0.3) is 5.91 Å². The van der Waals surface area contributed by atoms with Gasteiger partial charge >= 0.3 is 0 Å². The molecule has 0 aliphatic rings. The summed E-state index contributed by atoms with van der Waals surface area (Å²) in [6.07, 6.45) is 6.24. The van der Waals surface area contributed by atoms with Crippen molar-refractivity contribution < 1.29 is 9.21 Å². The first-order chi connectivity index (χ1) is 17.9. The number of nitrogens with one attached hydrogen (secondary N) is 1. The molecule has 3 N–H and O–H groups in total. The molecular formula is C28H22N6O3. The normalized spacial score (nSPS) is 11.5. The fourth-order valence-corrected chi connectivity index (χ4v) is 4.02. The quantitative estimate of drug-likeness (QED) is 0.369. The lowest BCUT2D eigenvalue weighted by Crippen LogP contribution is -2.29. The number of carbonyl (C=O) groups excluding carboxylic acids is 1. The van der Waals surface area contributed by atoms with Gasteiger partial charge in [0.1, 0.15) is 11.3 Å². The van der Waals surface area contributed by atoms with E-state index < -0.39 is 11.9 Å². The van der Waals surface area contributed by atoms with Crippen molar-refractivity contribution in [2.24, 2.45) is 7.05 Å². The number of carbonyl (C=O) groups is 1. The topological polar surface area (TPSA) is 129 Å². The van der Waals surface area contributed by atoms with E-state index in [1.807, 2.05) is 37.4 Å². The van der Waals surface area contributed by atoms with Crippen molar-refractivity contribution in [3.05, 3.63) is 106 Å². The van der Waals surface area contributed by atoms with Gasteiger partial charge in [0.2, 0.25) is 5.43 Å². The van der Waals surface area contributed by atoms with Crippen LogP contribution in [0.15, 0.2) is 82.5 Å². The molecule has 37 heavy (non-hydrogen) atoms. The van der Waals surface area contributed by atoms with Gasteiger partial charge in [-0.05, 0) is 24.6 Å².